The number of hydrogen-bond acceptors (Lipinski definition) is 5. The fourth-order valence-electron chi connectivity index (χ4n) is 5.98. The van der Waals surface area contributed by atoms with Crippen molar-refractivity contribution in [3.63, 3.8) is 0 Å². The second-order valence-electron chi connectivity index (χ2n) is 12.4. The summed E-state index contributed by atoms with van der Waals surface area (Å²) in [6.45, 7) is 3.69. The van der Waals surface area contributed by atoms with Gasteiger partial charge in [-0.05, 0) is 104 Å². The molecule has 12 heteroatoms. The SMILES string of the molecule is CN(C[C@H](O)CNC(C)(C)CC1Cc2ccccc2C1)S(=O)(=O)c1cc(-c2ccc(F)cc2CCC(=O)O)cc(C(F)(F)F)c1. The van der Waals surface area contributed by atoms with Crippen LogP contribution in [0.5, 0.6) is 0 Å². The van der Waals surface area contributed by atoms with Crippen molar-refractivity contribution in [2.75, 3.05) is 20.1 Å². The highest BCUT2D eigenvalue weighted by molar-refractivity contribution is 7.89. The number of carboxylic acids is 1. The highest BCUT2D eigenvalue weighted by Crippen LogP contribution is 2.37. The maximum absolute atomic E-state index is 14.0. The van der Waals surface area contributed by atoms with Gasteiger partial charge in [0.05, 0.1) is 16.6 Å². The van der Waals surface area contributed by atoms with Crippen molar-refractivity contribution in [3.05, 3.63) is 88.7 Å². The number of aliphatic hydroxyl groups excluding tert-OH is 1. The summed E-state index contributed by atoms with van der Waals surface area (Å²) < 4.78 is 83.6. The van der Waals surface area contributed by atoms with E-state index in [1.54, 1.807) is 0 Å². The second kappa shape index (κ2) is 13.6. The highest BCUT2D eigenvalue weighted by Gasteiger charge is 2.34. The third-order valence-electron chi connectivity index (χ3n) is 8.15. The molecule has 1 aliphatic rings. The van der Waals surface area contributed by atoms with Crippen molar-refractivity contribution in [2.45, 2.75) is 68.7 Å². The van der Waals surface area contributed by atoms with Gasteiger partial charge in [-0.25, -0.2) is 12.8 Å². The van der Waals surface area contributed by atoms with Crippen molar-refractivity contribution in [2.24, 2.45) is 5.92 Å². The van der Waals surface area contributed by atoms with E-state index in [1.807, 2.05) is 26.0 Å². The minimum Gasteiger partial charge on any atom is -0.481 e. The number of sulfonamides is 1. The lowest BCUT2D eigenvalue weighted by Crippen LogP contribution is -2.47. The zero-order valence-electron chi connectivity index (χ0n) is 25.4. The number of β-amino-alcohol motifs (C(OH)–C–C–N with tert-alkyl or cyclic N) is 1. The Morgan fingerprint density at radius 2 is 1.69 bits per heavy atom. The molecule has 0 spiro atoms. The lowest BCUT2D eigenvalue weighted by atomic mass is 9.88. The molecule has 45 heavy (non-hydrogen) atoms. The first kappa shape index (κ1) is 34.6. The molecule has 0 bridgehead atoms. The maximum Gasteiger partial charge on any atom is 0.416 e. The smallest absolute Gasteiger partial charge is 0.416 e. The Balaban J connectivity index is 1.49. The lowest BCUT2D eigenvalue weighted by Gasteiger charge is -2.31. The van der Waals surface area contributed by atoms with E-state index < -0.39 is 51.0 Å². The van der Waals surface area contributed by atoms with Gasteiger partial charge in [0, 0.05) is 32.1 Å². The van der Waals surface area contributed by atoms with Crippen LogP contribution < -0.4 is 5.32 Å². The summed E-state index contributed by atoms with van der Waals surface area (Å²) in [5.41, 5.74) is 1.11. The zero-order valence-corrected chi connectivity index (χ0v) is 26.2. The Labute approximate surface area is 260 Å². The average molecular weight is 651 g/mol. The number of aliphatic hydroxyl groups is 1. The topological polar surface area (TPSA) is 107 Å². The fraction of sp³-hybridized carbons (Fsp3) is 0.424. The molecule has 0 saturated heterocycles. The van der Waals surface area contributed by atoms with Crippen LogP contribution in [-0.4, -0.2) is 60.7 Å². The van der Waals surface area contributed by atoms with Crippen LogP contribution in [0.2, 0.25) is 0 Å². The molecule has 0 aliphatic heterocycles. The third kappa shape index (κ3) is 8.90. The van der Waals surface area contributed by atoms with Gasteiger partial charge in [0.25, 0.3) is 0 Å². The number of benzene rings is 3. The van der Waals surface area contributed by atoms with Crippen LogP contribution in [0, 0.1) is 11.7 Å². The molecule has 0 heterocycles. The predicted molar refractivity (Wildman–Crippen MR) is 163 cm³/mol. The number of alkyl halides is 3. The summed E-state index contributed by atoms with van der Waals surface area (Å²) in [5.74, 6) is -1.47. The van der Waals surface area contributed by atoms with Crippen LogP contribution in [-0.2, 0) is 40.3 Å². The van der Waals surface area contributed by atoms with E-state index in [0.717, 1.165) is 47.8 Å². The van der Waals surface area contributed by atoms with E-state index >= 15 is 0 Å². The molecular weight excluding hydrogens is 612 g/mol. The molecule has 244 valence electrons. The third-order valence-corrected chi connectivity index (χ3v) is 9.95. The number of halogens is 4. The molecule has 1 aliphatic carbocycles. The van der Waals surface area contributed by atoms with Gasteiger partial charge < -0.3 is 15.5 Å². The Bertz CT molecular complexity index is 1620. The minimum atomic E-state index is -4.91. The highest BCUT2D eigenvalue weighted by atomic mass is 32.2. The maximum atomic E-state index is 14.0. The Morgan fingerprint density at radius 3 is 2.29 bits per heavy atom. The molecule has 0 radical (unpaired) electrons. The molecule has 3 aromatic rings. The largest absolute Gasteiger partial charge is 0.481 e. The van der Waals surface area contributed by atoms with E-state index in [9.17, 15) is 35.9 Å². The molecular formula is C33H38F4N2O5S. The number of carbonyl (C=O) groups is 1. The average Bonchev–Trinajstić information content (AvgIpc) is 3.36. The summed E-state index contributed by atoms with van der Waals surface area (Å²) in [4.78, 5) is 10.4. The molecule has 0 fully saturated rings. The van der Waals surface area contributed by atoms with E-state index in [4.69, 9.17) is 5.11 Å². The Morgan fingerprint density at radius 1 is 1.04 bits per heavy atom. The van der Waals surface area contributed by atoms with E-state index in [0.29, 0.717) is 12.0 Å². The van der Waals surface area contributed by atoms with E-state index in [1.165, 1.54) is 24.2 Å². The molecule has 0 unspecified atom stereocenters. The molecule has 0 saturated carbocycles. The second-order valence-corrected chi connectivity index (χ2v) is 14.4. The quantitative estimate of drug-likeness (QED) is 0.206. The summed E-state index contributed by atoms with van der Waals surface area (Å²) in [6, 6.07) is 13.8. The van der Waals surface area contributed by atoms with Crippen molar-refractivity contribution in [1.82, 2.24) is 9.62 Å². The minimum absolute atomic E-state index is 0.0584. The van der Waals surface area contributed by atoms with Crippen molar-refractivity contribution in [3.8, 4) is 11.1 Å². The van der Waals surface area contributed by atoms with Crippen LogP contribution in [0.3, 0.4) is 0 Å². The number of likely N-dealkylation sites (N-methyl/N-ethyl adjacent to an activating group) is 1. The van der Waals surface area contributed by atoms with Crippen LogP contribution >= 0.6 is 0 Å². The van der Waals surface area contributed by atoms with Gasteiger partial charge >= 0.3 is 12.1 Å². The normalized spacial score (nSPS) is 15.0. The summed E-state index contributed by atoms with van der Waals surface area (Å²) in [7, 11) is -3.34. The van der Waals surface area contributed by atoms with E-state index in [-0.39, 0.29) is 41.7 Å². The Kier molecular flexibility index (Phi) is 10.4. The van der Waals surface area contributed by atoms with Gasteiger partial charge in [-0.3, -0.25) is 4.79 Å². The standard InChI is InChI=1S/C33H38F4N2O5S/c1-32(2,18-21-12-22-6-4-5-7-23(22)13-21)38-19-28(40)20-39(3)45(43,44)29-16-25(14-26(17-29)33(35,36)37)30-10-9-27(34)15-24(30)8-11-31(41)42/h4-7,9-10,14-17,21,28,38,40H,8,11-13,18-20H2,1-3H3,(H,41,42)/t28-/m1/s1. The molecule has 0 amide bonds. The van der Waals surface area contributed by atoms with Crippen LogP contribution in [0.25, 0.3) is 11.1 Å². The first-order valence-electron chi connectivity index (χ1n) is 14.6. The summed E-state index contributed by atoms with van der Waals surface area (Å²) >= 11 is 0. The molecule has 4 rings (SSSR count). The molecule has 3 aromatic carbocycles. The first-order valence-corrected chi connectivity index (χ1v) is 16.1. The number of nitrogens with one attached hydrogen (secondary N) is 1. The molecule has 3 N–H and O–H groups in total. The molecule has 0 aromatic heterocycles. The summed E-state index contributed by atoms with van der Waals surface area (Å²) in [5, 5.41) is 23.1. The molecule has 7 nitrogen and oxygen atoms in total. The summed E-state index contributed by atoms with van der Waals surface area (Å²) in [6.07, 6.45) is -3.89. The molecule has 1 atom stereocenters. The van der Waals surface area contributed by atoms with Gasteiger partial charge in [-0.15, -0.1) is 0 Å². The number of nitrogens with zero attached hydrogens (tertiary/aromatic N) is 1. The Hall–Kier alpha value is -3.32. The van der Waals surface area contributed by atoms with Gasteiger partial charge in [0.2, 0.25) is 10.0 Å². The van der Waals surface area contributed by atoms with Gasteiger partial charge in [-0.1, -0.05) is 30.3 Å². The zero-order chi connectivity index (χ0) is 33.2. The van der Waals surface area contributed by atoms with Crippen molar-refractivity contribution < 1.29 is 41.0 Å². The van der Waals surface area contributed by atoms with Crippen LogP contribution in [0.15, 0.2) is 65.6 Å². The number of fused-ring (bicyclic) bond motifs is 1. The number of carboxylic acid groups (broad SMARTS) is 1. The van der Waals surface area contributed by atoms with Gasteiger partial charge in [0.15, 0.2) is 0 Å². The van der Waals surface area contributed by atoms with Crippen molar-refractivity contribution in [1.29, 1.82) is 0 Å². The predicted octanol–water partition coefficient (Wildman–Crippen LogP) is 5.68. The number of aliphatic carboxylic acids is 1. The lowest BCUT2D eigenvalue weighted by molar-refractivity contribution is -0.138. The van der Waals surface area contributed by atoms with Gasteiger partial charge in [-0.2, -0.15) is 17.5 Å². The number of rotatable bonds is 13. The van der Waals surface area contributed by atoms with Gasteiger partial charge in [0.1, 0.15) is 5.82 Å². The van der Waals surface area contributed by atoms with Crippen LogP contribution in [0.4, 0.5) is 17.6 Å². The monoisotopic (exact) mass is 650 g/mol. The first-order chi connectivity index (χ1) is 20.9. The fourth-order valence-corrected chi connectivity index (χ4v) is 7.26. The van der Waals surface area contributed by atoms with Crippen LogP contribution in [0.1, 0.15) is 48.9 Å². The number of hydrogen-bond donors (Lipinski definition) is 3. The number of aryl methyl sites for hydroxylation is 1. The van der Waals surface area contributed by atoms with E-state index in [2.05, 4.69) is 17.4 Å². The van der Waals surface area contributed by atoms with Crippen molar-refractivity contribution >= 4 is 16.0 Å².